The van der Waals surface area contributed by atoms with Crippen LogP contribution in [0.2, 0.25) is 0 Å². The van der Waals surface area contributed by atoms with Crippen LogP contribution in [0.4, 0.5) is 0 Å². The zero-order chi connectivity index (χ0) is 61.5. The molecule has 5 saturated heterocycles. The monoisotopic (exact) mass is 1200 g/mol. The largest absolute Gasteiger partial charge is 0.507 e. The third kappa shape index (κ3) is 14.3. The number of methoxy groups -OCH3 is 2. The highest BCUT2D eigenvalue weighted by molar-refractivity contribution is 6.11. The Labute approximate surface area is 486 Å². The van der Waals surface area contributed by atoms with E-state index in [1.807, 2.05) is 0 Å². The lowest BCUT2D eigenvalue weighted by molar-refractivity contribution is -0.334. The average Bonchev–Trinajstić information content (AvgIpc) is 1.16. The first-order valence-corrected chi connectivity index (χ1v) is 28.7. The smallest absolute Gasteiger partial charge is 0.308 e. The molecule has 5 heterocycles. The fourth-order valence-electron chi connectivity index (χ4n) is 12.3. The highest BCUT2D eigenvalue weighted by atomic mass is 16.7. The summed E-state index contributed by atoms with van der Waals surface area (Å²) in [5, 5.41) is 89.9. The van der Waals surface area contributed by atoms with Gasteiger partial charge in [-0.1, -0.05) is 13.8 Å². The van der Waals surface area contributed by atoms with Gasteiger partial charge < -0.3 is 107 Å². The van der Waals surface area contributed by atoms with Gasteiger partial charge in [0.05, 0.1) is 71.8 Å². The Morgan fingerprint density at radius 1 is 0.690 bits per heavy atom. The lowest BCUT2D eigenvalue weighted by Gasteiger charge is -2.47. The number of Topliss-reactive ketones (excluding diaryl/α,β-unsaturated/α-hetero) is 2. The number of hydrogen-bond donors (Lipinski definition) is 8. The van der Waals surface area contributed by atoms with Crippen molar-refractivity contribution in [2.24, 2.45) is 11.8 Å². The quantitative estimate of drug-likeness (QED) is 0.0931. The van der Waals surface area contributed by atoms with Gasteiger partial charge in [0, 0.05) is 65.2 Å². The number of carbonyl (C=O) groups is 4. The molecule has 0 aromatic heterocycles. The first kappa shape index (κ1) is 65.7. The van der Waals surface area contributed by atoms with Gasteiger partial charge in [0.25, 0.3) is 0 Å². The Morgan fingerprint density at radius 2 is 1.24 bits per heavy atom. The molecular formula is C58H84O26. The predicted octanol–water partition coefficient (Wildman–Crippen LogP) is 1.87. The number of benzene rings is 2. The number of rotatable bonds is 19. The maximum absolute atomic E-state index is 15.1. The van der Waals surface area contributed by atoms with E-state index in [0.717, 1.165) is 0 Å². The molecule has 25 atom stereocenters. The summed E-state index contributed by atoms with van der Waals surface area (Å²) in [6, 6.07) is 4.20. The molecule has 0 saturated carbocycles. The summed E-state index contributed by atoms with van der Waals surface area (Å²) in [7, 11) is 2.64. The average molecular weight is 1200 g/mol. The van der Waals surface area contributed by atoms with E-state index in [1.54, 1.807) is 41.5 Å². The summed E-state index contributed by atoms with van der Waals surface area (Å²) in [5.74, 6) is -5.78. The summed E-state index contributed by atoms with van der Waals surface area (Å²) in [6.45, 7) is 15.4. The summed E-state index contributed by atoms with van der Waals surface area (Å²) in [6.07, 6.45) is -25.9. The van der Waals surface area contributed by atoms with E-state index >= 15 is 4.79 Å². The van der Waals surface area contributed by atoms with E-state index in [-0.39, 0.29) is 66.2 Å². The third-order valence-corrected chi connectivity index (χ3v) is 16.7. The highest BCUT2D eigenvalue weighted by Crippen LogP contribution is 2.46. The van der Waals surface area contributed by atoms with Crippen LogP contribution in [0.5, 0.6) is 17.2 Å². The van der Waals surface area contributed by atoms with Gasteiger partial charge in [-0.15, -0.1) is 0 Å². The molecule has 2 aromatic carbocycles. The Bertz CT molecular complexity index is 2620. The van der Waals surface area contributed by atoms with E-state index in [4.69, 9.17) is 66.3 Å². The van der Waals surface area contributed by atoms with Crippen LogP contribution in [-0.4, -0.2) is 225 Å². The molecule has 26 nitrogen and oxygen atoms in total. The second kappa shape index (κ2) is 27.0. The predicted molar refractivity (Wildman–Crippen MR) is 287 cm³/mol. The third-order valence-electron chi connectivity index (χ3n) is 16.7. The molecule has 84 heavy (non-hydrogen) atoms. The van der Waals surface area contributed by atoms with Gasteiger partial charge in [-0.25, -0.2) is 0 Å². The molecule has 5 aliphatic heterocycles. The number of phenols is 2. The summed E-state index contributed by atoms with van der Waals surface area (Å²) < 4.78 is 84.3. The molecule has 6 aliphatic rings. The lowest BCUT2D eigenvalue weighted by atomic mass is 9.75. The Hall–Kier alpha value is -4.30. The summed E-state index contributed by atoms with van der Waals surface area (Å²) in [5.41, 5.74) is -1.66. The lowest BCUT2D eigenvalue weighted by Crippen LogP contribution is -2.59. The maximum Gasteiger partial charge on any atom is 0.308 e. The van der Waals surface area contributed by atoms with E-state index in [2.05, 4.69) is 0 Å². The van der Waals surface area contributed by atoms with Gasteiger partial charge in [0.2, 0.25) is 6.29 Å². The van der Waals surface area contributed by atoms with Crippen molar-refractivity contribution in [1.29, 1.82) is 0 Å². The first-order chi connectivity index (χ1) is 39.5. The highest BCUT2D eigenvalue weighted by Gasteiger charge is 2.53. The van der Waals surface area contributed by atoms with Crippen molar-refractivity contribution in [3.8, 4) is 17.2 Å². The fourth-order valence-corrected chi connectivity index (χ4v) is 12.3. The van der Waals surface area contributed by atoms with E-state index in [1.165, 1.54) is 60.1 Å². The van der Waals surface area contributed by atoms with Gasteiger partial charge in [-0.3, -0.25) is 19.2 Å². The van der Waals surface area contributed by atoms with Crippen LogP contribution in [0.3, 0.4) is 0 Å². The number of aliphatic hydroxyl groups is 6. The molecule has 26 heteroatoms. The maximum atomic E-state index is 15.1. The minimum atomic E-state index is -1.96. The number of hydrogen-bond acceptors (Lipinski definition) is 26. The van der Waals surface area contributed by atoms with Crippen molar-refractivity contribution in [2.45, 2.75) is 255 Å². The zero-order valence-corrected chi connectivity index (χ0v) is 49.3. The molecular weight excluding hydrogens is 1110 g/mol. The molecule has 2 aromatic rings. The summed E-state index contributed by atoms with van der Waals surface area (Å²) in [4.78, 5) is 53.8. The standard InChI is InChI=1S/C58H84O26/c1-22(2)57(69)84-56-28(8)77-43(21-58(56,10)70)81-37-18-41(73-24(4)48(37)65)80-36-19-42(74-25(5)47(36)64)83-55-33(54(72-12)51(68)46(63)23(3)59)15-31-13-30-14-32(16-34(61)44(30)49(66)45(31)50(55)67)79-40-20-38(53(27(7)76-40)78-29(9)60)82-39-17-35(62)52(71-11)26(6)75-39/h13-14,16,22-28,33,35-43,46-48,52-56,59,61-66,70H,15,17-21H2,1-12H3/t23-,24-,25-,26-,27-,28+,33+,35-,36+,37+,38-,39-,40+,41+,42+,43+,46+,47-,48-,52-,53-,54+,55+,56+,58-/m1/s1. The molecule has 0 amide bonds. The number of phenolic OH excluding ortho intramolecular Hbond substituents is 2. The summed E-state index contributed by atoms with van der Waals surface area (Å²) >= 11 is 0. The van der Waals surface area contributed by atoms with Crippen molar-refractivity contribution >= 4 is 34.3 Å². The van der Waals surface area contributed by atoms with Crippen molar-refractivity contribution < 1.29 is 126 Å². The fraction of sp³-hybridized carbons (Fsp3) is 0.759. The van der Waals surface area contributed by atoms with Crippen LogP contribution in [0, 0.1) is 11.8 Å². The SMILES string of the molecule is CO[C@H]1[C@H](O)C[C@@H](O[C@@H]2C[C@H](Oc3cc(O)c4c(O)c5c(cc4c3)C[C@@H]([C@H](OC)C(=O)[C@@H](O)[C@@H](C)O)[C@H](O[C@H]3C[C@H](O[C@H]4C[C@H](O[C@H]6C[C@@](C)(O)[C@@H](OC(=O)C(C)C)[C@H](C)O6)[C@H](O)[C@@H](C)O4)[C@H](O)[C@@H](C)O3)C5=O)O[C@H](C)[C@H]2OC(C)=O)O[C@@H]1C. The topological polar surface area (TPSA) is 359 Å². The van der Waals surface area contributed by atoms with Gasteiger partial charge in [0.15, 0.2) is 48.9 Å². The Kier molecular flexibility index (Phi) is 21.1. The van der Waals surface area contributed by atoms with Crippen LogP contribution in [0.15, 0.2) is 18.2 Å². The van der Waals surface area contributed by atoms with Gasteiger partial charge in [0.1, 0.15) is 65.6 Å². The normalized spacial score (nSPS) is 39.5. The molecule has 8 N–H and O–H groups in total. The van der Waals surface area contributed by atoms with Crippen LogP contribution in [0.1, 0.15) is 117 Å². The molecule has 5 fully saturated rings. The minimum absolute atomic E-state index is 0.0249. The van der Waals surface area contributed by atoms with Crippen molar-refractivity contribution in [3.05, 3.63) is 29.3 Å². The van der Waals surface area contributed by atoms with E-state index < -0.39 is 194 Å². The zero-order valence-electron chi connectivity index (χ0n) is 49.3. The van der Waals surface area contributed by atoms with Crippen molar-refractivity contribution in [1.82, 2.24) is 0 Å². The van der Waals surface area contributed by atoms with Gasteiger partial charge in [-0.05, 0) is 78.0 Å². The van der Waals surface area contributed by atoms with E-state index in [0.29, 0.717) is 0 Å². The number of carbonyl (C=O) groups excluding carboxylic acids is 4. The number of ketones is 2. The molecule has 472 valence electrons. The molecule has 0 unspecified atom stereocenters. The molecule has 0 radical (unpaired) electrons. The number of fused-ring (bicyclic) bond motifs is 2. The first-order valence-electron chi connectivity index (χ1n) is 28.7. The second-order valence-corrected chi connectivity index (χ2v) is 23.7. The Balaban J connectivity index is 1.02. The number of ether oxygens (including phenoxy) is 14. The number of aliphatic hydroxyl groups excluding tert-OH is 5. The van der Waals surface area contributed by atoms with Crippen LogP contribution in [-0.2, 0) is 82.4 Å². The molecule has 1 aliphatic carbocycles. The van der Waals surface area contributed by atoms with Crippen LogP contribution in [0.25, 0.3) is 10.8 Å². The Morgan fingerprint density at radius 3 is 1.81 bits per heavy atom. The van der Waals surface area contributed by atoms with Crippen LogP contribution >= 0.6 is 0 Å². The van der Waals surface area contributed by atoms with E-state index in [9.17, 15) is 55.2 Å². The molecule has 0 bridgehead atoms. The molecule has 0 spiro atoms. The van der Waals surface area contributed by atoms with Gasteiger partial charge in [-0.2, -0.15) is 0 Å². The van der Waals surface area contributed by atoms with Crippen molar-refractivity contribution in [3.63, 3.8) is 0 Å². The molecule has 8 rings (SSSR count). The number of esters is 2. The minimum Gasteiger partial charge on any atom is -0.507 e. The van der Waals surface area contributed by atoms with Gasteiger partial charge >= 0.3 is 11.9 Å². The van der Waals surface area contributed by atoms with Crippen LogP contribution < -0.4 is 4.74 Å². The van der Waals surface area contributed by atoms with Crippen molar-refractivity contribution in [2.75, 3.05) is 14.2 Å². The number of aromatic hydroxyl groups is 2. The second-order valence-electron chi connectivity index (χ2n) is 23.7.